The summed E-state index contributed by atoms with van der Waals surface area (Å²) < 4.78 is 0. The molecule has 0 aromatic heterocycles. The third-order valence-electron chi connectivity index (χ3n) is 5.76. The Bertz CT molecular complexity index is 463. The maximum atomic E-state index is 12.8. The second-order valence-electron chi connectivity index (χ2n) is 8.45. The Morgan fingerprint density at radius 2 is 1.22 bits per heavy atom. The topological polar surface area (TPSA) is 58.2 Å². The average molecular weight is 320 g/mol. The zero-order chi connectivity index (χ0) is 17.4. The first-order valence-corrected chi connectivity index (χ1v) is 8.92. The quantitative estimate of drug-likeness (QED) is 0.739. The van der Waals surface area contributed by atoms with Crippen molar-refractivity contribution in [3.8, 4) is 0 Å². The third-order valence-corrected chi connectivity index (χ3v) is 5.76. The Morgan fingerprint density at radius 3 is 1.52 bits per heavy atom. The molecule has 2 aliphatic rings. The van der Waals surface area contributed by atoms with Crippen LogP contribution in [-0.4, -0.2) is 22.9 Å². The highest BCUT2D eigenvalue weighted by atomic mass is 16.2. The molecule has 4 atom stereocenters. The number of hydrogen-bond acceptors (Lipinski definition) is 2. The van der Waals surface area contributed by atoms with Crippen molar-refractivity contribution in [1.29, 1.82) is 0 Å². The highest BCUT2D eigenvalue weighted by Crippen LogP contribution is 2.48. The van der Waals surface area contributed by atoms with Crippen LogP contribution in [0.5, 0.6) is 0 Å². The fourth-order valence-electron chi connectivity index (χ4n) is 3.55. The van der Waals surface area contributed by atoms with Crippen molar-refractivity contribution < 1.29 is 9.59 Å². The van der Waals surface area contributed by atoms with Crippen LogP contribution >= 0.6 is 0 Å². The molecule has 2 aliphatic carbocycles. The Labute approximate surface area is 140 Å². The van der Waals surface area contributed by atoms with Gasteiger partial charge in [0, 0.05) is 11.1 Å². The molecule has 2 rings (SSSR count). The molecule has 1 fully saturated rings. The molecule has 0 aromatic carbocycles. The van der Waals surface area contributed by atoms with Gasteiger partial charge >= 0.3 is 0 Å². The predicted molar refractivity (Wildman–Crippen MR) is 92.7 cm³/mol. The van der Waals surface area contributed by atoms with E-state index in [0.29, 0.717) is 0 Å². The Morgan fingerprint density at radius 1 is 0.870 bits per heavy atom. The van der Waals surface area contributed by atoms with Crippen LogP contribution in [0.2, 0.25) is 0 Å². The summed E-state index contributed by atoms with van der Waals surface area (Å²) in [7, 11) is 0. The molecular formula is C19H32N2O2. The zero-order valence-electron chi connectivity index (χ0n) is 15.4. The van der Waals surface area contributed by atoms with Crippen LogP contribution in [0.4, 0.5) is 0 Å². The van der Waals surface area contributed by atoms with E-state index in [1.165, 1.54) is 0 Å². The first-order chi connectivity index (χ1) is 10.6. The summed E-state index contributed by atoms with van der Waals surface area (Å²) in [4.78, 5) is 25.7. The molecule has 130 valence electrons. The van der Waals surface area contributed by atoms with Crippen LogP contribution in [0.3, 0.4) is 0 Å². The average Bonchev–Trinajstić information content (AvgIpc) is 3.06. The van der Waals surface area contributed by atoms with E-state index in [4.69, 9.17) is 0 Å². The number of hydrogen-bond donors (Lipinski definition) is 2. The summed E-state index contributed by atoms with van der Waals surface area (Å²) in [5, 5.41) is 6.28. The Balaban J connectivity index is 2.16. The fourth-order valence-corrected chi connectivity index (χ4v) is 3.55. The molecule has 4 heteroatoms. The van der Waals surface area contributed by atoms with Gasteiger partial charge < -0.3 is 10.6 Å². The van der Waals surface area contributed by atoms with Gasteiger partial charge in [0.15, 0.2) is 0 Å². The number of rotatable bonds is 6. The van der Waals surface area contributed by atoms with Crippen molar-refractivity contribution in [1.82, 2.24) is 10.6 Å². The van der Waals surface area contributed by atoms with E-state index in [-0.39, 0.29) is 46.6 Å². The zero-order valence-corrected chi connectivity index (χ0v) is 15.4. The first-order valence-electron chi connectivity index (χ1n) is 8.92. The van der Waals surface area contributed by atoms with Gasteiger partial charge in [-0.05, 0) is 58.8 Å². The van der Waals surface area contributed by atoms with Crippen LogP contribution in [0.15, 0.2) is 12.2 Å². The Hall–Kier alpha value is -1.32. The van der Waals surface area contributed by atoms with Crippen molar-refractivity contribution in [3.05, 3.63) is 12.2 Å². The number of fused-ring (bicyclic) bond motifs is 2. The Kier molecular flexibility index (Phi) is 4.93. The van der Waals surface area contributed by atoms with Gasteiger partial charge in [0.2, 0.25) is 11.8 Å². The number of carbonyl (C=O) groups excluding carboxylic acids is 2. The number of carbonyl (C=O) groups is 2. The minimum absolute atomic E-state index is 0.0307. The van der Waals surface area contributed by atoms with Crippen LogP contribution in [-0.2, 0) is 9.59 Å². The molecule has 1 saturated carbocycles. The minimum Gasteiger partial charge on any atom is -0.351 e. The summed E-state index contributed by atoms with van der Waals surface area (Å²) >= 11 is 0. The molecular weight excluding hydrogens is 288 g/mol. The summed E-state index contributed by atoms with van der Waals surface area (Å²) in [6.45, 7) is 12.3. The summed E-state index contributed by atoms with van der Waals surface area (Å²) in [6.07, 6.45) is 6.92. The van der Waals surface area contributed by atoms with Crippen LogP contribution < -0.4 is 10.6 Å². The number of amides is 2. The van der Waals surface area contributed by atoms with Crippen molar-refractivity contribution in [2.24, 2.45) is 23.7 Å². The van der Waals surface area contributed by atoms with E-state index >= 15 is 0 Å². The van der Waals surface area contributed by atoms with Gasteiger partial charge in [-0.1, -0.05) is 26.0 Å². The molecule has 0 saturated heterocycles. The smallest absolute Gasteiger partial charge is 0.224 e. The van der Waals surface area contributed by atoms with E-state index < -0.39 is 0 Å². The summed E-state index contributed by atoms with van der Waals surface area (Å²) in [6, 6.07) is 0. The van der Waals surface area contributed by atoms with Crippen LogP contribution in [0.25, 0.3) is 0 Å². The molecule has 2 bridgehead atoms. The van der Waals surface area contributed by atoms with E-state index in [9.17, 15) is 9.59 Å². The predicted octanol–water partition coefficient (Wildman–Crippen LogP) is 3.03. The highest BCUT2D eigenvalue weighted by molar-refractivity contribution is 5.90. The number of allylic oxidation sites excluding steroid dienone is 2. The molecule has 2 amide bonds. The lowest BCUT2D eigenvalue weighted by Gasteiger charge is -2.33. The van der Waals surface area contributed by atoms with E-state index in [1.54, 1.807) is 0 Å². The summed E-state index contributed by atoms with van der Waals surface area (Å²) in [5.74, 6) is -0.000406. The van der Waals surface area contributed by atoms with E-state index in [1.807, 2.05) is 27.7 Å². The van der Waals surface area contributed by atoms with E-state index in [0.717, 1.165) is 19.3 Å². The lowest BCUT2D eigenvalue weighted by atomic mass is 9.80. The van der Waals surface area contributed by atoms with Crippen LogP contribution in [0, 0.1) is 23.7 Å². The van der Waals surface area contributed by atoms with Gasteiger partial charge in [0.25, 0.3) is 0 Å². The molecule has 4 nitrogen and oxygen atoms in total. The van der Waals surface area contributed by atoms with Gasteiger partial charge in [-0.3, -0.25) is 9.59 Å². The molecule has 0 unspecified atom stereocenters. The van der Waals surface area contributed by atoms with Gasteiger partial charge in [-0.2, -0.15) is 0 Å². The molecule has 0 aliphatic heterocycles. The third kappa shape index (κ3) is 3.78. The van der Waals surface area contributed by atoms with Crippen LogP contribution in [0.1, 0.15) is 60.8 Å². The number of nitrogens with one attached hydrogen (secondary N) is 2. The van der Waals surface area contributed by atoms with Gasteiger partial charge in [-0.25, -0.2) is 0 Å². The second-order valence-corrected chi connectivity index (χ2v) is 8.45. The monoisotopic (exact) mass is 320 g/mol. The molecule has 0 radical (unpaired) electrons. The van der Waals surface area contributed by atoms with E-state index in [2.05, 4.69) is 36.6 Å². The molecule has 23 heavy (non-hydrogen) atoms. The van der Waals surface area contributed by atoms with Gasteiger partial charge in [-0.15, -0.1) is 0 Å². The summed E-state index contributed by atoms with van der Waals surface area (Å²) in [5.41, 5.74) is -0.460. The fraction of sp³-hybridized carbons (Fsp3) is 0.789. The van der Waals surface area contributed by atoms with Gasteiger partial charge in [0.05, 0.1) is 11.8 Å². The SMILES string of the molecule is CCC(C)(C)NC(=O)[C@H]1[C@H](C(=O)NC(C)(C)CC)[C@H]2C=C[C@@H]1C2. The maximum Gasteiger partial charge on any atom is 0.224 e. The second kappa shape index (κ2) is 6.29. The van der Waals surface area contributed by atoms with Crippen molar-refractivity contribution >= 4 is 11.8 Å². The molecule has 0 heterocycles. The standard InChI is InChI=1S/C19H32N2O2/c1-7-18(3,4)20-16(22)14-12-9-10-13(11-12)15(14)17(23)21-19(5,6)8-2/h9-10,12-15H,7-8,11H2,1-6H3,(H,20,22)(H,21,23)/t12-,13+,14-,15-/m1/s1. The lowest BCUT2D eigenvalue weighted by Crippen LogP contribution is -2.52. The molecule has 0 aromatic rings. The largest absolute Gasteiger partial charge is 0.351 e. The minimum atomic E-state index is -0.233. The maximum absolute atomic E-state index is 12.8. The van der Waals surface area contributed by atoms with Gasteiger partial charge in [0.1, 0.15) is 0 Å². The van der Waals surface area contributed by atoms with Crippen molar-refractivity contribution in [2.75, 3.05) is 0 Å². The molecule has 2 N–H and O–H groups in total. The normalized spacial score (nSPS) is 29.7. The highest BCUT2D eigenvalue weighted by Gasteiger charge is 2.52. The lowest BCUT2D eigenvalue weighted by molar-refractivity contribution is -0.137. The van der Waals surface area contributed by atoms with Crippen molar-refractivity contribution in [3.63, 3.8) is 0 Å². The van der Waals surface area contributed by atoms with Crippen molar-refractivity contribution in [2.45, 2.75) is 71.9 Å². The molecule has 0 spiro atoms. The first kappa shape index (κ1) is 18.0.